The molecule has 114 valence electrons. The van der Waals surface area contributed by atoms with Crippen molar-refractivity contribution in [2.45, 2.75) is 13.1 Å². The lowest BCUT2D eigenvalue weighted by Gasteiger charge is -2.27. The van der Waals surface area contributed by atoms with Crippen LogP contribution in [-0.2, 0) is 13.1 Å². The predicted molar refractivity (Wildman–Crippen MR) is 84.4 cm³/mol. The molecule has 0 radical (unpaired) electrons. The molecule has 1 aliphatic heterocycles. The summed E-state index contributed by atoms with van der Waals surface area (Å²) in [5.74, 6) is 1.58. The van der Waals surface area contributed by atoms with Crippen LogP contribution in [-0.4, -0.2) is 37.1 Å². The van der Waals surface area contributed by atoms with Gasteiger partial charge in [-0.25, -0.2) is 0 Å². The van der Waals surface area contributed by atoms with Crippen LogP contribution in [0.15, 0.2) is 54.7 Å². The van der Waals surface area contributed by atoms with Gasteiger partial charge in [0.15, 0.2) is 11.6 Å². The normalized spacial score (nSPS) is 13.7. The number of fused-ring (bicyclic) bond motifs is 1. The third-order valence-electron chi connectivity index (χ3n) is 3.96. The van der Waals surface area contributed by atoms with Gasteiger partial charge in [0, 0.05) is 24.8 Å². The van der Waals surface area contributed by atoms with Gasteiger partial charge in [0.25, 0.3) is 5.91 Å². The molecule has 0 N–H and O–H groups in total. The topological polar surface area (TPSA) is 63.9 Å². The Labute approximate surface area is 133 Å². The van der Waals surface area contributed by atoms with E-state index in [1.165, 1.54) is 0 Å². The summed E-state index contributed by atoms with van der Waals surface area (Å²) in [6, 6.07) is 15.0. The maximum Gasteiger partial charge on any atom is 0.254 e. The number of rotatable bonds is 2. The van der Waals surface area contributed by atoms with Crippen LogP contribution in [0.2, 0.25) is 0 Å². The van der Waals surface area contributed by atoms with E-state index in [0.717, 1.165) is 17.3 Å². The Kier molecular flexibility index (Phi) is 3.34. The average Bonchev–Trinajstić information content (AvgIpc) is 3.06. The number of pyridine rings is 1. The van der Waals surface area contributed by atoms with Crippen LogP contribution in [0.5, 0.6) is 0 Å². The zero-order valence-electron chi connectivity index (χ0n) is 12.5. The van der Waals surface area contributed by atoms with Crippen LogP contribution in [0.3, 0.4) is 0 Å². The Morgan fingerprint density at radius 2 is 1.78 bits per heavy atom. The molecule has 0 saturated carbocycles. The summed E-state index contributed by atoms with van der Waals surface area (Å²) in [4.78, 5) is 18.7. The Morgan fingerprint density at radius 1 is 0.957 bits per heavy atom. The van der Waals surface area contributed by atoms with Crippen molar-refractivity contribution in [3.8, 4) is 11.5 Å². The van der Waals surface area contributed by atoms with Gasteiger partial charge in [0.1, 0.15) is 5.69 Å². The molecule has 0 spiro atoms. The van der Waals surface area contributed by atoms with Gasteiger partial charge in [-0.1, -0.05) is 24.3 Å². The molecule has 4 rings (SSSR count). The van der Waals surface area contributed by atoms with Crippen LogP contribution in [0.4, 0.5) is 0 Å². The molecule has 0 atom stereocenters. The number of carbonyl (C=O) groups is 1. The monoisotopic (exact) mass is 305 g/mol. The highest BCUT2D eigenvalue weighted by Gasteiger charge is 2.25. The largest absolute Gasteiger partial charge is 0.329 e. The number of aromatic nitrogens is 4. The van der Waals surface area contributed by atoms with Crippen molar-refractivity contribution in [1.29, 1.82) is 0 Å². The summed E-state index contributed by atoms with van der Waals surface area (Å²) in [7, 11) is 0. The third kappa shape index (κ3) is 2.48. The Morgan fingerprint density at radius 3 is 2.57 bits per heavy atom. The van der Waals surface area contributed by atoms with Crippen LogP contribution < -0.4 is 0 Å². The minimum Gasteiger partial charge on any atom is -0.329 e. The van der Waals surface area contributed by atoms with E-state index in [1.807, 2.05) is 58.0 Å². The fourth-order valence-corrected chi connectivity index (χ4v) is 2.78. The van der Waals surface area contributed by atoms with Gasteiger partial charge in [-0.3, -0.25) is 9.78 Å². The van der Waals surface area contributed by atoms with E-state index in [-0.39, 0.29) is 5.91 Å². The zero-order valence-corrected chi connectivity index (χ0v) is 12.5. The first-order valence-electron chi connectivity index (χ1n) is 7.51. The van der Waals surface area contributed by atoms with Crippen LogP contribution in [0, 0.1) is 0 Å². The van der Waals surface area contributed by atoms with Crippen molar-refractivity contribution < 1.29 is 4.79 Å². The van der Waals surface area contributed by atoms with E-state index in [9.17, 15) is 4.79 Å². The second-order valence-electron chi connectivity index (χ2n) is 5.40. The maximum absolute atomic E-state index is 12.5. The van der Waals surface area contributed by atoms with Gasteiger partial charge in [0.2, 0.25) is 0 Å². The first kappa shape index (κ1) is 13.6. The molecule has 0 unspecified atom stereocenters. The molecule has 1 aromatic carbocycles. The predicted octanol–water partition coefficient (Wildman–Crippen LogP) is 2.00. The maximum atomic E-state index is 12.5. The standard InChI is InChI=1S/C17H15N5O/c23-17(13-6-2-1-3-7-13)21-10-11-22-15(12-21)19-20-16(22)14-8-4-5-9-18-14/h1-9H,10-12H2. The van der Waals surface area contributed by atoms with E-state index in [1.54, 1.807) is 6.20 Å². The molecule has 6 nitrogen and oxygen atoms in total. The van der Waals surface area contributed by atoms with E-state index in [0.29, 0.717) is 25.2 Å². The van der Waals surface area contributed by atoms with Crippen molar-refractivity contribution in [1.82, 2.24) is 24.6 Å². The minimum absolute atomic E-state index is 0.0271. The van der Waals surface area contributed by atoms with Crippen molar-refractivity contribution in [2.24, 2.45) is 0 Å². The zero-order chi connectivity index (χ0) is 15.6. The van der Waals surface area contributed by atoms with Gasteiger partial charge >= 0.3 is 0 Å². The summed E-state index contributed by atoms with van der Waals surface area (Å²) in [6.07, 6.45) is 1.74. The number of carbonyl (C=O) groups excluding carboxylic acids is 1. The van der Waals surface area contributed by atoms with E-state index in [2.05, 4.69) is 15.2 Å². The molecule has 1 aliphatic rings. The molecule has 23 heavy (non-hydrogen) atoms. The minimum atomic E-state index is 0.0271. The average molecular weight is 305 g/mol. The van der Waals surface area contributed by atoms with Gasteiger partial charge < -0.3 is 9.47 Å². The number of amides is 1. The van der Waals surface area contributed by atoms with E-state index < -0.39 is 0 Å². The highest BCUT2D eigenvalue weighted by molar-refractivity contribution is 5.94. The Hall–Kier alpha value is -3.02. The van der Waals surface area contributed by atoms with E-state index in [4.69, 9.17) is 0 Å². The molecule has 0 fully saturated rings. The third-order valence-corrected chi connectivity index (χ3v) is 3.96. The molecule has 3 aromatic rings. The van der Waals surface area contributed by atoms with Crippen LogP contribution in [0.1, 0.15) is 16.2 Å². The summed E-state index contributed by atoms with van der Waals surface area (Å²) >= 11 is 0. The summed E-state index contributed by atoms with van der Waals surface area (Å²) < 4.78 is 2.04. The van der Waals surface area contributed by atoms with Gasteiger partial charge in [-0.15, -0.1) is 10.2 Å². The molecule has 6 heteroatoms. The fraction of sp³-hybridized carbons (Fsp3) is 0.176. The molecule has 0 bridgehead atoms. The number of hydrogen-bond donors (Lipinski definition) is 0. The molecular formula is C17H15N5O. The second-order valence-corrected chi connectivity index (χ2v) is 5.40. The number of nitrogens with zero attached hydrogens (tertiary/aromatic N) is 5. The Bertz CT molecular complexity index is 829. The van der Waals surface area contributed by atoms with Crippen molar-refractivity contribution >= 4 is 5.91 Å². The van der Waals surface area contributed by atoms with Crippen molar-refractivity contribution in [3.63, 3.8) is 0 Å². The quantitative estimate of drug-likeness (QED) is 0.726. The molecule has 0 saturated heterocycles. The first-order valence-corrected chi connectivity index (χ1v) is 7.51. The lowest BCUT2D eigenvalue weighted by molar-refractivity contribution is 0.0708. The molecule has 0 aliphatic carbocycles. The number of hydrogen-bond acceptors (Lipinski definition) is 4. The highest BCUT2D eigenvalue weighted by Crippen LogP contribution is 2.20. The van der Waals surface area contributed by atoms with Gasteiger partial charge in [0.05, 0.1) is 6.54 Å². The fourth-order valence-electron chi connectivity index (χ4n) is 2.78. The molecule has 1 amide bonds. The van der Waals surface area contributed by atoms with Crippen LogP contribution >= 0.6 is 0 Å². The molecule has 2 aromatic heterocycles. The smallest absolute Gasteiger partial charge is 0.254 e. The summed E-state index contributed by atoms with van der Waals surface area (Å²) in [5, 5.41) is 8.49. The second kappa shape index (κ2) is 5.64. The van der Waals surface area contributed by atoms with Crippen molar-refractivity contribution in [3.05, 3.63) is 66.1 Å². The molecular weight excluding hydrogens is 290 g/mol. The summed E-state index contributed by atoms with van der Waals surface area (Å²) in [5.41, 5.74) is 1.50. The highest BCUT2D eigenvalue weighted by atomic mass is 16.2. The number of benzene rings is 1. The Balaban J connectivity index is 1.60. The SMILES string of the molecule is O=C(c1ccccc1)N1CCn2c(nnc2-c2ccccn2)C1. The lowest BCUT2D eigenvalue weighted by Crippen LogP contribution is -2.38. The van der Waals surface area contributed by atoms with Crippen LogP contribution in [0.25, 0.3) is 11.5 Å². The molecule has 3 heterocycles. The van der Waals surface area contributed by atoms with E-state index >= 15 is 0 Å². The van der Waals surface area contributed by atoms with Crippen molar-refractivity contribution in [2.75, 3.05) is 6.54 Å². The summed E-state index contributed by atoms with van der Waals surface area (Å²) in [6.45, 7) is 1.78. The first-order chi connectivity index (χ1) is 11.3. The lowest BCUT2D eigenvalue weighted by atomic mass is 10.2. The van der Waals surface area contributed by atoms with Gasteiger partial charge in [-0.2, -0.15) is 0 Å². The van der Waals surface area contributed by atoms with Gasteiger partial charge in [-0.05, 0) is 24.3 Å².